The van der Waals surface area contributed by atoms with Crippen LogP contribution in [0.3, 0.4) is 0 Å². The van der Waals surface area contributed by atoms with Gasteiger partial charge in [0.25, 0.3) is 11.7 Å². The van der Waals surface area contributed by atoms with Crippen LogP contribution < -0.4 is 19.3 Å². The second-order valence-corrected chi connectivity index (χ2v) is 10.3. The molecule has 4 rings (SSSR count). The Labute approximate surface area is 230 Å². The SMILES string of the molecule is CCOc1cccc(C2/C(=C(\O)c3ccc(OCC(C)C)c(C)c3)C(=O)C(=O)N2c2ccc(N(C)C)cc2)c1. The number of hydrogen-bond acceptors (Lipinski definition) is 6. The van der Waals surface area contributed by atoms with Crippen molar-refractivity contribution in [3.05, 3.63) is 89.0 Å². The molecule has 1 N–H and O–H groups in total. The van der Waals surface area contributed by atoms with E-state index in [1.54, 1.807) is 18.2 Å². The van der Waals surface area contributed by atoms with Crippen LogP contribution >= 0.6 is 0 Å². The molecule has 1 saturated heterocycles. The lowest BCUT2D eigenvalue weighted by molar-refractivity contribution is -0.132. The summed E-state index contributed by atoms with van der Waals surface area (Å²) in [5.41, 5.74) is 3.47. The van der Waals surface area contributed by atoms with Crippen LogP contribution in [0.25, 0.3) is 5.76 Å². The summed E-state index contributed by atoms with van der Waals surface area (Å²) in [4.78, 5) is 30.4. The Morgan fingerprint density at radius 1 is 1.00 bits per heavy atom. The average molecular weight is 529 g/mol. The van der Waals surface area contributed by atoms with Gasteiger partial charge >= 0.3 is 0 Å². The van der Waals surface area contributed by atoms with Crippen molar-refractivity contribution < 1.29 is 24.2 Å². The number of nitrogens with zero attached hydrogens (tertiary/aromatic N) is 2. The van der Waals surface area contributed by atoms with Crippen LogP contribution in [0.15, 0.2) is 72.3 Å². The van der Waals surface area contributed by atoms with Gasteiger partial charge in [0.15, 0.2) is 0 Å². The Kier molecular flexibility index (Phi) is 8.29. The maximum absolute atomic E-state index is 13.5. The molecule has 1 amide bonds. The van der Waals surface area contributed by atoms with E-state index in [0.717, 1.165) is 11.3 Å². The predicted molar refractivity (Wildman–Crippen MR) is 155 cm³/mol. The van der Waals surface area contributed by atoms with Crippen LogP contribution in [0.1, 0.15) is 43.5 Å². The Morgan fingerprint density at radius 3 is 2.33 bits per heavy atom. The maximum Gasteiger partial charge on any atom is 0.300 e. The van der Waals surface area contributed by atoms with Crippen LogP contribution in [-0.2, 0) is 9.59 Å². The zero-order chi connectivity index (χ0) is 28.3. The molecule has 1 fully saturated rings. The second-order valence-electron chi connectivity index (χ2n) is 10.3. The molecule has 204 valence electrons. The fourth-order valence-electron chi connectivity index (χ4n) is 4.64. The summed E-state index contributed by atoms with van der Waals surface area (Å²) in [5, 5.41) is 11.5. The van der Waals surface area contributed by atoms with Gasteiger partial charge in [-0.2, -0.15) is 0 Å². The highest BCUT2D eigenvalue weighted by atomic mass is 16.5. The molecule has 1 heterocycles. The Bertz CT molecular complexity index is 1390. The first kappa shape index (κ1) is 27.8. The number of Topliss-reactive ketones (excluding diaryl/α,β-unsaturated/α-hetero) is 1. The third-order valence-corrected chi connectivity index (χ3v) is 6.59. The molecule has 0 saturated carbocycles. The smallest absolute Gasteiger partial charge is 0.300 e. The quantitative estimate of drug-likeness (QED) is 0.205. The summed E-state index contributed by atoms with van der Waals surface area (Å²) in [5.74, 6) is 0.0239. The summed E-state index contributed by atoms with van der Waals surface area (Å²) in [6, 6.07) is 19.1. The molecule has 1 unspecified atom stereocenters. The number of ether oxygens (including phenoxy) is 2. The second kappa shape index (κ2) is 11.6. The fraction of sp³-hybridized carbons (Fsp3) is 0.312. The summed E-state index contributed by atoms with van der Waals surface area (Å²) in [7, 11) is 3.86. The van der Waals surface area contributed by atoms with Gasteiger partial charge in [0, 0.05) is 31.0 Å². The number of benzene rings is 3. The molecule has 3 aromatic rings. The van der Waals surface area contributed by atoms with E-state index >= 15 is 0 Å². The minimum Gasteiger partial charge on any atom is -0.507 e. The molecule has 1 aliphatic rings. The molecular weight excluding hydrogens is 492 g/mol. The molecule has 0 radical (unpaired) electrons. The van der Waals surface area contributed by atoms with E-state index in [1.807, 2.05) is 81.4 Å². The number of carbonyl (C=O) groups excluding carboxylic acids is 2. The molecule has 1 atom stereocenters. The summed E-state index contributed by atoms with van der Waals surface area (Å²) >= 11 is 0. The fourth-order valence-corrected chi connectivity index (χ4v) is 4.64. The molecule has 0 bridgehead atoms. The van der Waals surface area contributed by atoms with Gasteiger partial charge in [0.05, 0.1) is 24.8 Å². The molecule has 39 heavy (non-hydrogen) atoms. The van der Waals surface area contributed by atoms with E-state index in [1.165, 1.54) is 4.90 Å². The van der Waals surface area contributed by atoms with E-state index < -0.39 is 17.7 Å². The lowest BCUT2D eigenvalue weighted by atomic mass is 9.94. The molecule has 3 aromatic carbocycles. The van der Waals surface area contributed by atoms with Crippen molar-refractivity contribution in [2.24, 2.45) is 5.92 Å². The Hall–Kier alpha value is -4.26. The van der Waals surface area contributed by atoms with Gasteiger partial charge in [-0.1, -0.05) is 26.0 Å². The lowest BCUT2D eigenvalue weighted by Crippen LogP contribution is -2.29. The lowest BCUT2D eigenvalue weighted by Gasteiger charge is -2.26. The Balaban J connectivity index is 1.85. The number of hydrogen-bond donors (Lipinski definition) is 1. The number of amides is 1. The molecule has 0 aliphatic carbocycles. The number of aliphatic hydroxyl groups excluding tert-OH is 1. The summed E-state index contributed by atoms with van der Waals surface area (Å²) < 4.78 is 11.6. The van der Waals surface area contributed by atoms with Gasteiger partial charge < -0.3 is 19.5 Å². The van der Waals surface area contributed by atoms with E-state index in [4.69, 9.17) is 9.47 Å². The number of carbonyl (C=O) groups is 2. The van der Waals surface area contributed by atoms with E-state index in [0.29, 0.717) is 47.4 Å². The highest BCUT2D eigenvalue weighted by Gasteiger charge is 2.47. The first-order valence-electron chi connectivity index (χ1n) is 13.2. The Morgan fingerprint density at radius 2 is 1.72 bits per heavy atom. The summed E-state index contributed by atoms with van der Waals surface area (Å²) in [6.45, 7) is 8.97. The maximum atomic E-state index is 13.5. The van der Waals surface area contributed by atoms with Gasteiger partial charge in [0.2, 0.25) is 0 Å². The van der Waals surface area contributed by atoms with Crippen LogP contribution in [-0.4, -0.2) is 44.1 Å². The van der Waals surface area contributed by atoms with E-state index in [-0.39, 0.29) is 11.3 Å². The van der Waals surface area contributed by atoms with E-state index in [9.17, 15) is 14.7 Å². The van der Waals surface area contributed by atoms with Gasteiger partial charge in [-0.05, 0) is 85.5 Å². The van der Waals surface area contributed by atoms with Crippen molar-refractivity contribution in [3.8, 4) is 11.5 Å². The van der Waals surface area contributed by atoms with Crippen molar-refractivity contribution in [2.75, 3.05) is 37.1 Å². The van der Waals surface area contributed by atoms with Crippen molar-refractivity contribution >= 4 is 28.8 Å². The van der Waals surface area contributed by atoms with Crippen LogP contribution in [0, 0.1) is 12.8 Å². The highest BCUT2D eigenvalue weighted by Crippen LogP contribution is 2.43. The largest absolute Gasteiger partial charge is 0.507 e. The molecule has 1 aliphatic heterocycles. The zero-order valence-corrected chi connectivity index (χ0v) is 23.4. The summed E-state index contributed by atoms with van der Waals surface area (Å²) in [6.07, 6.45) is 0. The highest BCUT2D eigenvalue weighted by molar-refractivity contribution is 6.51. The van der Waals surface area contributed by atoms with Crippen molar-refractivity contribution in [1.29, 1.82) is 0 Å². The molecule has 7 nitrogen and oxygen atoms in total. The van der Waals surface area contributed by atoms with Gasteiger partial charge in [0.1, 0.15) is 17.3 Å². The third kappa shape index (κ3) is 5.77. The van der Waals surface area contributed by atoms with Gasteiger partial charge in [-0.25, -0.2) is 0 Å². The van der Waals surface area contributed by atoms with Crippen LogP contribution in [0.4, 0.5) is 11.4 Å². The van der Waals surface area contributed by atoms with Crippen LogP contribution in [0.5, 0.6) is 11.5 Å². The van der Waals surface area contributed by atoms with Gasteiger partial charge in [-0.3, -0.25) is 14.5 Å². The van der Waals surface area contributed by atoms with Crippen molar-refractivity contribution in [1.82, 2.24) is 0 Å². The monoisotopic (exact) mass is 528 g/mol. The minimum absolute atomic E-state index is 0.0283. The number of anilines is 2. The number of rotatable bonds is 9. The van der Waals surface area contributed by atoms with Gasteiger partial charge in [-0.15, -0.1) is 0 Å². The normalized spacial score (nSPS) is 16.6. The molecular formula is C32H36N2O5. The molecule has 0 aromatic heterocycles. The zero-order valence-electron chi connectivity index (χ0n) is 23.4. The standard InChI is InChI=1S/C32H36N2O5/c1-7-38-26-10-8-9-22(18-26)29-28(30(35)23-11-16-27(21(4)17-23)39-19-20(2)3)31(36)32(37)34(29)25-14-12-24(13-15-25)33(5)6/h8-18,20,29,35H,7,19H2,1-6H3/b30-28+. The minimum atomic E-state index is -0.840. The molecule has 7 heteroatoms. The predicted octanol–water partition coefficient (Wildman–Crippen LogP) is 6.12. The van der Waals surface area contributed by atoms with Crippen molar-refractivity contribution in [3.63, 3.8) is 0 Å². The molecule has 0 spiro atoms. The van der Waals surface area contributed by atoms with Crippen molar-refractivity contribution in [2.45, 2.75) is 33.7 Å². The number of ketones is 1. The number of aliphatic hydroxyl groups is 1. The first-order valence-corrected chi connectivity index (χ1v) is 13.2. The van der Waals surface area contributed by atoms with E-state index in [2.05, 4.69) is 13.8 Å². The first-order chi connectivity index (χ1) is 18.6. The number of aryl methyl sites for hydroxylation is 1. The third-order valence-electron chi connectivity index (χ3n) is 6.59. The van der Waals surface area contributed by atoms with Crippen LogP contribution in [0.2, 0.25) is 0 Å². The topological polar surface area (TPSA) is 79.3 Å². The average Bonchev–Trinajstić information content (AvgIpc) is 3.18.